The first-order valence-corrected chi connectivity index (χ1v) is 8.03. The van der Waals surface area contributed by atoms with Gasteiger partial charge in [0.05, 0.1) is 0 Å². The fourth-order valence-corrected chi connectivity index (χ4v) is 4.28. The van der Waals surface area contributed by atoms with Gasteiger partial charge in [-0.3, -0.25) is 0 Å². The van der Waals surface area contributed by atoms with Gasteiger partial charge >= 0.3 is 0 Å². The van der Waals surface area contributed by atoms with Crippen LogP contribution in [0.15, 0.2) is 24.3 Å². The predicted octanol–water partition coefficient (Wildman–Crippen LogP) is 4.35. The van der Waals surface area contributed by atoms with E-state index in [1.54, 1.807) is 0 Å². The molecule has 1 aliphatic carbocycles. The van der Waals surface area contributed by atoms with Gasteiger partial charge in [-0.2, -0.15) is 11.8 Å². The van der Waals surface area contributed by atoms with Gasteiger partial charge in [0.1, 0.15) is 0 Å². The molecule has 2 N–H and O–H groups in total. The quantitative estimate of drug-likeness (QED) is 0.874. The maximum atomic E-state index is 5.62. The second-order valence-corrected chi connectivity index (χ2v) is 7.50. The van der Waals surface area contributed by atoms with Gasteiger partial charge in [-0.25, -0.2) is 0 Å². The molecule has 2 rings (SSSR count). The van der Waals surface area contributed by atoms with Gasteiger partial charge in [0.2, 0.25) is 0 Å². The van der Waals surface area contributed by atoms with E-state index in [9.17, 15) is 0 Å². The van der Waals surface area contributed by atoms with Crippen LogP contribution in [-0.2, 0) is 12.3 Å². The van der Waals surface area contributed by atoms with Crippen molar-refractivity contribution in [3.8, 4) is 0 Å². The van der Waals surface area contributed by atoms with E-state index >= 15 is 0 Å². The first-order valence-electron chi connectivity index (χ1n) is 6.98. The van der Waals surface area contributed by atoms with Gasteiger partial charge in [-0.05, 0) is 35.8 Å². The summed E-state index contributed by atoms with van der Waals surface area (Å²) in [5.41, 5.74) is 8.83. The van der Waals surface area contributed by atoms with E-state index in [2.05, 4.69) is 49.9 Å². The second kappa shape index (κ2) is 6.12. The first kappa shape index (κ1) is 14.0. The summed E-state index contributed by atoms with van der Waals surface area (Å²) in [5.74, 6) is 1.14. The molecule has 0 aliphatic heterocycles. The van der Waals surface area contributed by atoms with Gasteiger partial charge in [-0.15, -0.1) is 0 Å². The van der Waals surface area contributed by atoms with Gasteiger partial charge < -0.3 is 5.73 Å². The number of benzene rings is 1. The lowest BCUT2D eigenvalue weighted by atomic mass is 9.77. The highest BCUT2D eigenvalue weighted by Gasteiger charge is 2.27. The molecule has 1 aromatic rings. The van der Waals surface area contributed by atoms with Crippen LogP contribution in [0.3, 0.4) is 0 Å². The zero-order valence-electron chi connectivity index (χ0n) is 11.6. The number of thioether (sulfide) groups is 1. The van der Waals surface area contributed by atoms with Crippen molar-refractivity contribution in [2.45, 2.75) is 57.1 Å². The Morgan fingerprint density at radius 1 is 1.22 bits per heavy atom. The molecule has 1 nitrogen and oxygen atoms in total. The topological polar surface area (TPSA) is 26.0 Å². The van der Waals surface area contributed by atoms with Gasteiger partial charge in [0.25, 0.3) is 0 Å². The summed E-state index contributed by atoms with van der Waals surface area (Å²) in [6.45, 7) is 5.47. The highest BCUT2D eigenvalue weighted by atomic mass is 32.2. The molecular weight excluding hydrogens is 238 g/mol. The lowest BCUT2D eigenvalue weighted by Crippen LogP contribution is -2.24. The Hall–Kier alpha value is -0.470. The van der Waals surface area contributed by atoms with Crippen molar-refractivity contribution in [2.24, 2.45) is 11.1 Å². The van der Waals surface area contributed by atoms with Gasteiger partial charge in [-0.1, -0.05) is 44.5 Å². The van der Waals surface area contributed by atoms with Gasteiger partial charge in [0, 0.05) is 17.5 Å². The summed E-state index contributed by atoms with van der Waals surface area (Å²) in [6.07, 6.45) is 5.57. The van der Waals surface area contributed by atoms with Crippen LogP contribution < -0.4 is 5.73 Å². The molecule has 0 radical (unpaired) electrons. The van der Waals surface area contributed by atoms with E-state index < -0.39 is 0 Å². The predicted molar refractivity (Wildman–Crippen MR) is 81.7 cm³/mol. The van der Waals surface area contributed by atoms with Crippen molar-refractivity contribution in [1.29, 1.82) is 0 Å². The van der Waals surface area contributed by atoms with E-state index in [1.165, 1.54) is 36.8 Å². The summed E-state index contributed by atoms with van der Waals surface area (Å²) in [6, 6.07) is 8.76. The average molecular weight is 263 g/mol. The van der Waals surface area contributed by atoms with E-state index in [0.717, 1.165) is 11.0 Å². The Bertz CT molecular complexity index is 369. The summed E-state index contributed by atoms with van der Waals surface area (Å²) >= 11 is 2.13. The van der Waals surface area contributed by atoms with Crippen LogP contribution in [0.5, 0.6) is 0 Å². The Balaban J connectivity index is 1.83. The smallest absolute Gasteiger partial charge is 0.0187 e. The fourth-order valence-electron chi connectivity index (χ4n) is 2.76. The minimum atomic E-state index is 0.555. The standard InChI is InChI=1S/C16H25NS/c1-16(2)9-3-4-15(10-16)18-12-14-7-5-13(11-17)6-8-14/h5-8,15H,3-4,9-12,17H2,1-2H3. The largest absolute Gasteiger partial charge is 0.326 e. The molecule has 0 aromatic heterocycles. The van der Waals surface area contributed by atoms with E-state index in [4.69, 9.17) is 5.73 Å². The van der Waals surface area contributed by atoms with Crippen LogP contribution in [0.1, 0.15) is 50.7 Å². The summed E-state index contributed by atoms with van der Waals surface area (Å²) < 4.78 is 0. The van der Waals surface area contributed by atoms with Crippen molar-refractivity contribution in [1.82, 2.24) is 0 Å². The number of rotatable bonds is 4. The molecule has 0 heterocycles. The number of hydrogen-bond donors (Lipinski definition) is 1. The summed E-state index contributed by atoms with van der Waals surface area (Å²) in [7, 11) is 0. The Morgan fingerprint density at radius 2 is 1.89 bits per heavy atom. The summed E-state index contributed by atoms with van der Waals surface area (Å²) in [5, 5.41) is 0.850. The molecule has 2 heteroatoms. The van der Waals surface area contributed by atoms with Crippen molar-refractivity contribution < 1.29 is 0 Å². The molecule has 0 amide bonds. The third-order valence-electron chi connectivity index (χ3n) is 3.90. The van der Waals surface area contributed by atoms with E-state index in [1.807, 2.05) is 0 Å². The van der Waals surface area contributed by atoms with Crippen LogP contribution in [0, 0.1) is 5.41 Å². The molecule has 0 spiro atoms. The third-order valence-corrected chi connectivity index (χ3v) is 5.28. The maximum absolute atomic E-state index is 5.62. The fraction of sp³-hybridized carbons (Fsp3) is 0.625. The van der Waals surface area contributed by atoms with Crippen LogP contribution in [0.2, 0.25) is 0 Å². The van der Waals surface area contributed by atoms with Gasteiger partial charge in [0.15, 0.2) is 0 Å². The monoisotopic (exact) mass is 263 g/mol. The highest BCUT2D eigenvalue weighted by Crippen LogP contribution is 2.40. The summed E-state index contributed by atoms with van der Waals surface area (Å²) in [4.78, 5) is 0. The molecule has 0 saturated heterocycles. The SMILES string of the molecule is CC1(C)CCCC(SCc2ccc(CN)cc2)C1. The average Bonchev–Trinajstić information content (AvgIpc) is 2.36. The van der Waals surface area contributed by atoms with Crippen molar-refractivity contribution in [3.63, 3.8) is 0 Å². The molecule has 1 aliphatic rings. The van der Waals surface area contributed by atoms with Crippen molar-refractivity contribution >= 4 is 11.8 Å². The third kappa shape index (κ3) is 4.03. The van der Waals surface area contributed by atoms with Crippen molar-refractivity contribution in [3.05, 3.63) is 35.4 Å². The van der Waals surface area contributed by atoms with Crippen LogP contribution >= 0.6 is 11.8 Å². The molecule has 1 fully saturated rings. The van der Waals surface area contributed by atoms with Crippen molar-refractivity contribution in [2.75, 3.05) is 0 Å². The minimum absolute atomic E-state index is 0.555. The maximum Gasteiger partial charge on any atom is 0.0187 e. The lowest BCUT2D eigenvalue weighted by molar-refractivity contribution is 0.251. The Kier molecular flexibility index (Phi) is 4.74. The molecular formula is C16H25NS. The lowest BCUT2D eigenvalue weighted by Gasteiger charge is -2.34. The first-order chi connectivity index (χ1) is 8.59. The molecule has 1 atom stereocenters. The zero-order chi connectivity index (χ0) is 13.0. The minimum Gasteiger partial charge on any atom is -0.326 e. The second-order valence-electron chi connectivity index (χ2n) is 6.21. The molecule has 18 heavy (non-hydrogen) atoms. The van der Waals surface area contributed by atoms with Crippen LogP contribution in [0.25, 0.3) is 0 Å². The Morgan fingerprint density at radius 3 is 2.50 bits per heavy atom. The van der Waals surface area contributed by atoms with Crippen LogP contribution in [-0.4, -0.2) is 5.25 Å². The van der Waals surface area contributed by atoms with E-state index in [0.29, 0.717) is 12.0 Å². The normalized spacial score (nSPS) is 22.9. The Labute approximate surface area is 116 Å². The number of hydrogen-bond acceptors (Lipinski definition) is 2. The molecule has 1 saturated carbocycles. The van der Waals surface area contributed by atoms with Crippen LogP contribution in [0.4, 0.5) is 0 Å². The van der Waals surface area contributed by atoms with E-state index in [-0.39, 0.29) is 0 Å². The highest BCUT2D eigenvalue weighted by molar-refractivity contribution is 7.99. The molecule has 100 valence electrons. The molecule has 1 aromatic carbocycles. The molecule has 1 unspecified atom stereocenters. The zero-order valence-corrected chi connectivity index (χ0v) is 12.4. The molecule has 0 bridgehead atoms. The number of nitrogens with two attached hydrogens (primary N) is 1.